The molecule has 0 saturated heterocycles. The monoisotopic (exact) mass is 242 g/mol. The quantitative estimate of drug-likeness (QED) is 0.588. The van der Waals surface area contributed by atoms with E-state index >= 15 is 0 Å². The predicted molar refractivity (Wildman–Crippen MR) is 61.8 cm³/mol. The van der Waals surface area contributed by atoms with Crippen LogP contribution in [0.4, 0.5) is 0 Å². The number of Topliss-reactive ketones (excluding diaryl/α,β-unsaturated/α-hetero) is 1. The normalized spacial score (nSPS) is 11.4. The van der Waals surface area contributed by atoms with Crippen molar-refractivity contribution in [1.29, 1.82) is 0 Å². The minimum atomic E-state index is -3.03. The van der Waals surface area contributed by atoms with Gasteiger partial charge >= 0.3 is 7.60 Å². The van der Waals surface area contributed by atoms with Crippen LogP contribution in [0, 0.1) is 0 Å². The summed E-state index contributed by atoms with van der Waals surface area (Å²) in [6, 6.07) is 6.91. The van der Waals surface area contributed by atoms with Crippen LogP contribution >= 0.6 is 7.60 Å². The van der Waals surface area contributed by atoms with Crippen molar-refractivity contribution in [3.8, 4) is 0 Å². The van der Waals surface area contributed by atoms with E-state index in [1.165, 1.54) is 21.1 Å². The Morgan fingerprint density at radius 3 is 2.06 bits per heavy atom. The van der Waals surface area contributed by atoms with Crippen LogP contribution < -0.4 is 0 Å². The third kappa shape index (κ3) is 3.27. The highest BCUT2D eigenvalue weighted by molar-refractivity contribution is 7.52. The van der Waals surface area contributed by atoms with Crippen LogP contribution in [0.5, 0.6) is 0 Å². The van der Waals surface area contributed by atoms with Gasteiger partial charge in [0.25, 0.3) is 0 Å². The van der Waals surface area contributed by atoms with Gasteiger partial charge in [-0.15, -0.1) is 0 Å². The molecule has 16 heavy (non-hydrogen) atoms. The number of rotatable bonds is 5. The molecule has 5 heteroatoms. The summed E-state index contributed by atoms with van der Waals surface area (Å²) in [4.78, 5) is 11.1. The summed E-state index contributed by atoms with van der Waals surface area (Å²) in [5.41, 5.74) is 1.45. The first-order valence-electron chi connectivity index (χ1n) is 4.81. The highest BCUT2D eigenvalue weighted by Crippen LogP contribution is 2.49. The van der Waals surface area contributed by atoms with Crippen LogP contribution in [-0.4, -0.2) is 20.0 Å². The summed E-state index contributed by atoms with van der Waals surface area (Å²) in [6.07, 6.45) is 0.207. The number of hydrogen-bond acceptors (Lipinski definition) is 4. The number of hydrogen-bond donors (Lipinski definition) is 0. The molecule has 0 amide bonds. The summed E-state index contributed by atoms with van der Waals surface area (Å²) in [7, 11) is -0.316. The fraction of sp³-hybridized carbons (Fsp3) is 0.364. The van der Waals surface area contributed by atoms with Crippen molar-refractivity contribution in [2.24, 2.45) is 0 Å². The molecule has 0 fully saturated rings. The Hall–Kier alpha value is -0.960. The molecule has 0 aromatic heterocycles. The smallest absolute Gasteiger partial charge is 0.312 e. The van der Waals surface area contributed by atoms with Gasteiger partial charge in [-0.2, -0.15) is 0 Å². The standard InChI is InChI=1S/C11H15O4P/c1-9(12)11-6-4-10(5-7-11)8-16(13,14-2)15-3/h4-7H,8H2,1-3H3. The molecule has 0 radical (unpaired) electrons. The van der Waals surface area contributed by atoms with E-state index in [0.717, 1.165) is 5.56 Å². The Labute approximate surface area is 95.1 Å². The van der Waals surface area contributed by atoms with Gasteiger partial charge in [-0.05, 0) is 12.5 Å². The predicted octanol–water partition coefficient (Wildman–Crippen LogP) is 2.88. The number of ketones is 1. The first-order valence-corrected chi connectivity index (χ1v) is 6.54. The molecule has 0 N–H and O–H groups in total. The van der Waals surface area contributed by atoms with Crippen LogP contribution in [0.3, 0.4) is 0 Å². The van der Waals surface area contributed by atoms with Crippen LogP contribution in [0.2, 0.25) is 0 Å². The molecule has 0 saturated carbocycles. The lowest BCUT2D eigenvalue weighted by Crippen LogP contribution is -1.95. The molecule has 1 aromatic carbocycles. The Balaban J connectivity index is 2.83. The van der Waals surface area contributed by atoms with Gasteiger partial charge in [-0.1, -0.05) is 24.3 Å². The lowest BCUT2D eigenvalue weighted by Gasteiger charge is -2.13. The van der Waals surface area contributed by atoms with E-state index < -0.39 is 7.60 Å². The first kappa shape index (κ1) is 13.1. The molecule has 0 bridgehead atoms. The lowest BCUT2D eigenvalue weighted by atomic mass is 10.1. The van der Waals surface area contributed by atoms with E-state index in [-0.39, 0.29) is 11.9 Å². The number of carbonyl (C=O) groups is 1. The van der Waals surface area contributed by atoms with E-state index in [0.29, 0.717) is 5.56 Å². The largest absolute Gasteiger partial charge is 0.334 e. The Morgan fingerprint density at radius 1 is 1.19 bits per heavy atom. The second-order valence-electron chi connectivity index (χ2n) is 3.39. The van der Waals surface area contributed by atoms with Crippen molar-refractivity contribution >= 4 is 13.4 Å². The molecule has 88 valence electrons. The van der Waals surface area contributed by atoms with E-state index in [2.05, 4.69) is 0 Å². The molecule has 0 atom stereocenters. The zero-order valence-corrected chi connectivity index (χ0v) is 10.5. The zero-order chi connectivity index (χ0) is 12.2. The molecule has 1 rings (SSSR count). The third-order valence-electron chi connectivity index (χ3n) is 2.29. The highest BCUT2D eigenvalue weighted by Gasteiger charge is 2.21. The number of benzene rings is 1. The zero-order valence-electron chi connectivity index (χ0n) is 9.60. The fourth-order valence-corrected chi connectivity index (χ4v) is 2.34. The summed E-state index contributed by atoms with van der Waals surface area (Å²) in [5.74, 6) is 0.00761. The molecular formula is C11H15O4P. The summed E-state index contributed by atoms with van der Waals surface area (Å²) in [6.45, 7) is 1.50. The summed E-state index contributed by atoms with van der Waals surface area (Å²) >= 11 is 0. The summed E-state index contributed by atoms with van der Waals surface area (Å²) < 4.78 is 21.5. The average molecular weight is 242 g/mol. The molecule has 1 aromatic rings. The van der Waals surface area contributed by atoms with Gasteiger partial charge in [0.2, 0.25) is 0 Å². The first-order chi connectivity index (χ1) is 7.50. The van der Waals surface area contributed by atoms with Crippen molar-refractivity contribution in [3.63, 3.8) is 0 Å². The summed E-state index contributed by atoms with van der Waals surface area (Å²) in [5, 5.41) is 0. The Morgan fingerprint density at radius 2 is 1.69 bits per heavy atom. The van der Waals surface area contributed by atoms with Gasteiger partial charge in [0.05, 0.1) is 6.16 Å². The highest BCUT2D eigenvalue weighted by atomic mass is 31.2. The van der Waals surface area contributed by atoms with E-state index in [4.69, 9.17) is 9.05 Å². The topological polar surface area (TPSA) is 52.6 Å². The molecular weight excluding hydrogens is 227 g/mol. The van der Waals surface area contributed by atoms with Gasteiger partial charge in [0, 0.05) is 19.8 Å². The second-order valence-corrected chi connectivity index (χ2v) is 5.66. The van der Waals surface area contributed by atoms with Crippen molar-refractivity contribution < 1.29 is 18.4 Å². The fourth-order valence-electron chi connectivity index (χ4n) is 1.27. The van der Waals surface area contributed by atoms with Crippen molar-refractivity contribution in [2.75, 3.05) is 14.2 Å². The Kier molecular flexibility index (Phi) is 4.42. The van der Waals surface area contributed by atoms with Crippen molar-refractivity contribution in [2.45, 2.75) is 13.1 Å². The van der Waals surface area contributed by atoms with Crippen LogP contribution in [-0.2, 0) is 19.8 Å². The van der Waals surface area contributed by atoms with Crippen LogP contribution in [0.1, 0.15) is 22.8 Å². The van der Waals surface area contributed by atoms with E-state index in [1.807, 2.05) is 0 Å². The van der Waals surface area contributed by atoms with Crippen molar-refractivity contribution in [3.05, 3.63) is 35.4 Å². The van der Waals surface area contributed by atoms with Gasteiger partial charge in [0.1, 0.15) is 0 Å². The minimum Gasteiger partial charge on any atom is -0.312 e. The molecule has 0 unspecified atom stereocenters. The van der Waals surface area contributed by atoms with E-state index in [9.17, 15) is 9.36 Å². The minimum absolute atomic E-state index is 0.00761. The SMILES string of the molecule is COP(=O)(Cc1ccc(C(C)=O)cc1)OC. The molecule has 0 spiro atoms. The maximum absolute atomic E-state index is 11.8. The Bertz CT molecular complexity index is 402. The van der Waals surface area contributed by atoms with Gasteiger partial charge in [-0.25, -0.2) is 0 Å². The third-order valence-corrected chi connectivity index (χ3v) is 4.16. The van der Waals surface area contributed by atoms with Gasteiger partial charge < -0.3 is 9.05 Å². The van der Waals surface area contributed by atoms with Gasteiger partial charge in [-0.3, -0.25) is 9.36 Å². The maximum atomic E-state index is 11.8. The van der Waals surface area contributed by atoms with Crippen LogP contribution in [0.25, 0.3) is 0 Å². The molecule has 0 aliphatic rings. The molecule has 0 aliphatic heterocycles. The van der Waals surface area contributed by atoms with E-state index in [1.54, 1.807) is 24.3 Å². The van der Waals surface area contributed by atoms with Crippen molar-refractivity contribution in [1.82, 2.24) is 0 Å². The van der Waals surface area contributed by atoms with Crippen LogP contribution in [0.15, 0.2) is 24.3 Å². The molecule has 4 nitrogen and oxygen atoms in total. The molecule has 0 aliphatic carbocycles. The van der Waals surface area contributed by atoms with Gasteiger partial charge in [0.15, 0.2) is 5.78 Å². The average Bonchev–Trinajstić information content (AvgIpc) is 2.29. The maximum Gasteiger partial charge on any atom is 0.334 e. The molecule has 0 heterocycles. The lowest BCUT2D eigenvalue weighted by molar-refractivity contribution is 0.101. The number of carbonyl (C=O) groups excluding carboxylic acids is 1. The second kappa shape index (κ2) is 5.39.